The second-order valence-corrected chi connectivity index (χ2v) is 3.44. The van der Waals surface area contributed by atoms with Gasteiger partial charge in [-0.1, -0.05) is 6.08 Å². The number of hydrogen-bond acceptors (Lipinski definition) is 3. The zero-order chi connectivity index (χ0) is 9.24. The Bertz CT molecular complexity index is 177. The lowest BCUT2D eigenvalue weighted by Crippen LogP contribution is -2.48. The summed E-state index contributed by atoms with van der Waals surface area (Å²) >= 11 is 0. The van der Waals surface area contributed by atoms with E-state index in [2.05, 4.69) is 6.58 Å². The molecule has 1 saturated heterocycles. The highest BCUT2D eigenvalue weighted by molar-refractivity contribution is 4.96. The lowest BCUT2D eigenvalue weighted by Gasteiger charge is -2.33. The summed E-state index contributed by atoms with van der Waals surface area (Å²) in [6.07, 6.45) is 3.42. The Morgan fingerprint density at radius 1 is 1.58 bits per heavy atom. The topological polar surface area (TPSA) is 49.7 Å². The minimum Gasteiger partial charge on any atom is -0.384 e. The number of allylic oxidation sites excluding steroid dienone is 1. The van der Waals surface area contributed by atoms with Crippen molar-refractivity contribution in [1.29, 1.82) is 0 Å². The summed E-state index contributed by atoms with van der Waals surface area (Å²) in [6, 6.07) is 0. The summed E-state index contributed by atoms with van der Waals surface area (Å²) in [5.41, 5.74) is -1.10. The van der Waals surface area contributed by atoms with Crippen molar-refractivity contribution in [2.24, 2.45) is 0 Å². The van der Waals surface area contributed by atoms with E-state index in [1.54, 1.807) is 6.08 Å². The summed E-state index contributed by atoms with van der Waals surface area (Å²) < 4.78 is 5.02. The molecule has 0 bridgehead atoms. The summed E-state index contributed by atoms with van der Waals surface area (Å²) in [7, 11) is 0. The first-order chi connectivity index (χ1) is 5.52. The van der Waals surface area contributed by atoms with E-state index in [9.17, 15) is 10.2 Å². The first kappa shape index (κ1) is 9.71. The van der Waals surface area contributed by atoms with Gasteiger partial charge in [0.05, 0.1) is 6.61 Å². The quantitative estimate of drug-likeness (QED) is 0.619. The average Bonchev–Trinajstić information content (AvgIpc) is 2.24. The fourth-order valence-corrected chi connectivity index (χ4v) is 1.48. The van der Waals surface area contributed by atoms with E-state index in [1.807, 2.05) is 0 Å². The maximum atomic E-state index is 9.93. The van der Waals surface area contributed by atoms with E-state index >= 15 is 0 Å². The number of hydrogen-bond donors (Lipinski definition) is 2. The van der Waals surface area contributed by atoms with Crippen LogP contribution in [0.3, 0.4) is 0 Å². The van der Waals surface area contributed by atoms with Crippen LogP contribution in [0, 0.1) is 0 Å². The molecule has 3 heteroatoms. The molecule has 1 rings (SSSR count). The third-order valence-electron chi connectivity index (χ3n) is 2.52. The first-order valence-electron chi connectivity index (χ1n) is 4.21. The molecule has 0 amide bonds. The van der Waals surface area contributed by atoms with E-state index in [-0.39, 0.29) is 0 Å². The molecule has 0 spiro atoms. The minimum atomic E-state index is -1.39. The largest absolute Gasteiger partial charge is 0.384 e. The van der Waals surface area contributed by atoms with Crippen LogP contribution in [0.2, 0.25) is 0 Å². The van der Waals surface area contributed by atoms with E-state index in [0.717, 1.165) is 0 Å². The molecule has 0 aliphatic carbocycles. The van der Waals surface area contributed by atoms with Crippen LogP contribution in [-0.2, 0) is 4.74 Å². The van der Waals surface area contributed by atoms with Gasteiger partial charge in [-0.25, -0.2) is 0 Å². The molecule has 1 aliphatic heterocycles. The van der Waals surface area contributed by atoms with Crippen LogP contribution in [0.4, 0.5) is 0 Å². The van der Waals surface area contributed by atoms with Crippen LogP contribution < -0.4 is 0 Å². The molecule has 1 heterocycles. The Labute approximate surface area is 72.7 Å². The molecular formula is C9H16O3. The molecule has 3 nitrogen and oxygen atoms in total. The van der Waals surface area contributed by atoms with Crippen molar-refractivity contribution in [2.45, 2.75) is 37.6 Å². The second-order valence-electron chi connectivity index (χ2n) is 3.44. The molecule has 0 radical (unpaired) electrons. The van der Waals surface area contributed by atoms with Crippen LogP contribution in [0.25, 0.3) is 0 Å². The summed E-state index contributed by atoms with van der Waals surface area (Å²) in [6.45, 7) is 5.49. The Kier molecular flexibility index (Phi) is 2.56. The van der Waals surface area contributed by atoms with Crippen molar-refractivity contribution in [2.75, 3.05) is 6.61 Å². The third kappa shape index (κ3) is 1.53. The average molecular weight is 172 g/mol. The summed E-state index contributed by atoms with van der Waals surface area (Å²) in [5.74, 6) is -1.39. The van der Waals surface area contributed by atoms with Crippen LogP contribution in [-0.4, -0.2) is 28.2 Å². The fourth-order valence-electron chi connectivity index (χ4n) is 1.48. The highest BCUT2D eigenvalue weighted by Gasteiger charge is 2.50. The van der Waals surface area contributed by atoms with E-state index in [4.69, 9.17) is 4.74 Å². The lowest BCUT2D eigenvalue weighted by molar-refractivity contribution is -0.243. The van der Waals surface area contributed by atoms with Gasteiger partial charge >= 0.3 is 0 Å². The molecule has 0 aromatic rings. The van der Waals surface area contributed by atoms with Gasteiger partial charge in [-0.2, -0.15) is 0 Å². The second kappa shape index (κ2) is 3.17. The molecule has 70 valence electrons. The fraction of sp³-hybridized carbons (Fsp3) is 0.778. The molecule has 0 saturated carbocycles. The molecule has 0 aromatic carbocycles. The van der Waals surface area contributed by atoms with E-state index in [0.29, 0.717) is 25.9 Å². The molecule has 1 aliphatic rings. The van der Waals surface area contributed by atoms with Crippen LogP contribution in [0.15, 0.2) is 12.7 Å². The van der Waals surface area contributed by atoms with Crippen molar-refractivity contribution < 1.29 is 14.9 Å². The van der Waals surface area contributed by atoms with Gasteiger partial charge in [-0.05, 0) is 19.8 Å². The Balaban J connectivity index is 2.62. The first-order valence-corrected chi connectivity index (χ1v) is 4.21. The van der Waals surface area contributed by atoms with Gasteiger partial charge < -0.3 is 14.9 Å². The zero-order valence-electron chi connectivity index (χ0n) is 7.42. The monoisotopic (exact) mass is 172 g/mol. The highest BCUT2D eigenvalue weighted by atomic mass is 16.6. The molecule has 2 unspecified atom stereocenters. The molecular weight excluding hydrogens is 156 g/mol. The molecule has 2 atom stereocenters. The predicted octanol–water partition coefficient (Wildman–Crippen LogP) is 0.812. The van der Waals surface area contributed by atoms with Crippen molar-refractivity contribution in [3.8, 4) is 0 Å². The molecule has 2 N–H and O–H groups in total. The van der Waals surface area contributed by atoms with Gasteiger partial charge in [0, 0.05) is 6.42 Å². The summed E-state index contributed by atoms with van der Waals surface area (Å²) in [4.78, 5) is 0. The number of rotatable bonds is 3. The third-order valence-corrected chi connectivity index (χ3v) is 2.52. The maximum Gasteiger partial charge on any atom is 0.191 e. The Hall–Kier alpha value is -0.380. The van der Waals surface area contributed by atoms with E-state index in [1.165, 1.54) is 6.92 Å². The van der Waals surface area contributed by atoms with Gasteiger partial charge in [0.1, 0.15) is 5.60 Å². The molecule has 12 heavy (non-hydrogen) atoms. The standard InChI is InChI=1S/C9H16O3/c1-3-4-5-9(11)6-7-12-8(9,2)10/h3,10-11H,1,4-7H2,2H3. The SMILES string of the molecule is C=CCCC1(O)CCOC1(C)O. The van der Waals surface area contributed by atoms with E-state index < -0.39 is 11.4 Å². The predicted molar refractivity (Wildman–Crippen MR) is 45.6 cm³/mol. The molecule has 0 aromatic heterocycles. The lowest BCUT2D eigenvalue weighted by atomic mass is 9.88. The Morgan fingerprint density at radius 3 is 2.67 bits per heavy atom. The van der Waals surface area contributed by atoms with Gasteiger partial charge in [0.15, 0.2) is 5.79 Å². The smallest absolute Gasteiger partial charge is 0.191 e. The maximum absolute atomic E-state index is 9.93. The van der Waals surface area contributed by atoms with Gasteiger partial charge in [0.2, 0.25) is 0 Å². The van der Waals surface area contributed by atoms with Gasteiger partial charge in [-0.15, -0.1) is 6.58 Å². The van der Waals surface area contributed by atoms with Crippen LogP contribution >= 0.6 is 0 Å². The van der Waals surface area contributed by atoms with Crippen LogP contribution in [0.5, 0.6) is 0 Å². The minimum absolute atomic E-state index is 0.417. The van der Waals surface area contributed by atoms with Gasteiger partial charge in [-0.3, -0.25) is 0 Å². The van der Waals surface area contributed by atoms with Crippen molar-refractivity contribution in [3.05, 3.63) is 12.7 Å². The number of ether oxygens (including phenoxy) is 1. The van der Waals surface area contributed by atoms with Crippen molar-refractivity contribution in [1.82, 2.24) is 0 Å². The summed E-state index contributed by atoms with van der Waals surface area (Å²) in [5, 5.41) is 19.6. The van der Waals surface area contributed by atoms with Crippen LogP contribution in [0.1, 0.15) is 26.2 Å². The van der Waals surface area contributed by atoms with Crippen molar-refractivity contribution >= 4 is 0 Å². The van der Waals surface area contributed by atoms with Gasteiger partial charge in [0.25, 0.3) is 0 Å². The zero-order valence-corrected chi connectivity index (χ0v) is 7.42. The van der Waals surface area contributed by atoms with Crippen molar-refractivity contribution in [3.63, 3.8) is 0 Å². The Morgan fingerprint density at radius 2 is 2.25 bits per heavy atom. The highest BCUT2D eigenvalue weighted by Crippen LogP contribution is 2.37. The number of aliphatic hydroxyl groups is 2. The molecule has 1 fully saturated rings. The normalized spacial score (nSPS) is 41.6.